The zero-order valence-electron chi connectivity index (χ0n) is 7.07. The summed E-state index contributed by atoms with van der Waals surface area (Å²) in [6, 6.07) is 3.88. The smallest absolute Gasteiger partial charge is 0.288 e. The molecule has 0 atom stereocenters. The maximum Gasteiger partial charge on any atom is 0.288 e. The summed E-state index contributed by atoms with van der Waals surface area (Å²) < 4.78 is 16.6. The molecule has 1 rings (SSSR count). The summed E-state index contributed by atoms with van der Waals surface area (Å²) >= 11 is 5.59. The quantitative estimate of drug-likeness (QED) is 0.578. The van der Waals surface area contributed by atoms with Crippen molar-refractivity contribution < 1.29 is 14.1 Å². The molecule has 0 saturated heterocycles. The van der Waals surface area contributed by atoms with E-state index in [-0.39, 0.29) is 17.3 Å². The van der Waals surface area contributed by atoms with E-state index in [9.17, 15) is 14.5 Å². The summed E-state index contributed by atoms with van der Waals surface area (Å²) in [5.41, 5.74) is -0.195. The molecule has 0 fully saturated rings. The lowest BCUT2D eigenvalue weighted by Gasteiger charge is -2.03. The van der Waals surface area contributed by atoms with Gasteiger partial charge in [0.25, 0.3) is 5.69 Å². The van der Waals surface area contributed by atoms with Crippen LogP contribution < -0.4 is 4.74 Å². The van der Waals surface area contributed by atoms with Crippen molar-refractivity contribution >= 4 is 17.3 Å². The Labute approximate surface area is 84.4 Å². The van der Waals surface area contributed by atoms with Crippen molar-refractivity contribution in [3.05, 3.63) is 33.3 Å². The Bertz CT molecular complexity index is 345. The van der Waals surface area contributed by atoms with E-state index in [0.717, 1.165) is 0 Å². The van der Waals surface area contributed by atoms with E-state index in [0.29, 0.717) is 5.75 Å². The standard InChI is InChI=1S/C8H7ClFNO3/c9-7-5-6(14-4-3-10)1-2-8(7)11(12)13/h1-2,5H,3-4H2. The van der Waals surface area contributed by atoms with Crippen LogP contribution in [0.5, 0.6) is 5.75 Å². The molecule has 0 saturated carbocycles. The minimum absolute atomic E-state index is 0.0219. The van der Waals surface area contributed by atoms with E-state index in [2.05, 4.69) is 0 Å². The largest absolute Gasteiger partial charge is 0.491 e. The number of hydrogen-bond acceptors (Lipinski definition) is 3. The molecule has 1 aromatic carbocycles. The van der Waals surface area contributed by atoms with E-state index in [1.807, 2.05) is 0 Å². The van der Waals surface area contributed by atoms with Gasteiger partial charge < -0.3 is 4.74 Å². The number of hydrogen-bond donors (Lipinski definition) is 0. The normalized spacial score (nSPS) is 9.86. The van der Waals surface area contributed by atoms with Crippen molar-refractivity contribution in [2.45, 2.75) is 0 Å². The molecule has 0 aromatic heterocycles. The van der Waals surface area contributed by atoms with Gasteiger partial charge in [-0.05, 0) is 6.07 Å². The monoisotopic (exact) mass is 219 g/mol. The molecule has 14 heavy (non-hydrogen) atoms. The van der Waals surface area contributed by atoms with Crippen LogP contribution in [0.25, 0.3) is 0 Å². The van der Waals surface area contributed by atoms with Crippen LogP contribution in [0.15, 0.2) is 18.2 Å². The molecule has 0 spiro atoms. The Balaban J connectivity index is 2.83. The third kappa shape index (κ3) is 2.56. The fourth-order valence-corrected chi connectivity index (χ4v) is 1.12. The van der Waals surface area contributed by atoms with Gasteiger partial charge in [0.1, 0.15) is 24.1 Å². The number of halogens is 2. The molecule has 0 bridgehead atoms. The molecular weight excluding hydrogens is 213 g/mol. The van der Waals surface area contributed by atoms with Crippen molar-refractivity contribution in [3.63, 3.8) is 0 Å². The second-order valence-corrected chi connectivity index (χ2v) is 2.81. The average Bonchev–Trinajstić information content (AvgIpc) is 2.14. The summed E-state index contributed by atoms with van der Waals surface area (Å²) in [4.78, 5) is 9.77. The predicted molar refractivity (Wildman–Crippen MR) is 49.6 cm³/mol. The van der Waals surface area contributed by atoms with Crippen LogP contribution in [0.4, 0.5) is 10.1 Å². The number of nitro groups is 1. The highest BCUT2D eigenvalue weighted by Crippen LogP contribution is 2.28. The molecule has 0 amide bonds. The third-order valence-corrected chi connectivity index (χ3v) is 1.76. The third-order valence-electron chi connectivity index (χ3n) is 1.46. The second kappa shape index (κ2) is 4.76. The van der Waals surface area contributed by atoms with Crippen LogP contribution >= 0.6 is 11.6 Å². The van der Waals surface area contributed by atoms with Gasteiger partial charge in [0.15, 0.2) is 0 Å². The van der Waals surface area contributed by atoms with Crippen molar-refractivity contribution in [1.29, 1.82) is 0 Å². The molecular formula is C8H7ClFNO3. The van der Waals surface area contributed by atoms with Gasteiger partial charge in [-0.15, -0.1) is 0 Å². The molecule has 0 radical (unpaired) electrons. The van der Waals surface area contributed by atoms with E-state index >= 15 is 0 Å². The number of nitrogens with zero attached hydrogens (tertiary/aromatic N) is 1. The van der Waals surface area contributed by atoms with E-state index in [4.69, 9.17) is 16.3 Å². The highest BCUT2D eigenvalue weighted by Gasteiger charge is 2.12. The van der Waals surface area contributed by atoms with Crippen LogP contribution in [-0.2, 0) is 0 Å². The number of ether oxygens (including phenoxy) is 1. The Hall–Kier alpha value is -1.36. The Morgan fingerprint density at radius 2 is 2.29 bits per heavy atom. The molecule has 0 heterocycles. The first-order valence-corrected chi connectivity index (χ1v) is 4.15. The van der Waals surface area contributed by atoms with Gasteiger partial charge >= 0.3 is 0 Å². The van der Waals surface area contributed by atoms with Crippen LogP contribution in [0, 0.1) is 10.1 Å². The maximum absolute atomic E-state index is 11.7. The molecule has 0 N–H and O–H groups in total. The van der Waals surface area contributed by atoms with E-state index in [1.54, 1.807) is 0 Å². The first kappa shape index (κ1) is 10.7. The van der Waals surface area contributed by atoms with Crippen molar-refractivity contribution in [2.24, 2.45) is 0 Å². The lowest BCUT2D eigenvalue weighted by Crippen LogP contribution is -1.99. The number of nitro benzene ring substituents is 1. The predicted octanol–water partition coefficient (Wildman–Crippen LogP) is 2.60. The van der Waals surface area contributed by atoms with Crippen molar-refractivity contribution in [1.82, 2.24) is 0 Å². The lowest BCUT2D eigenvalue weighted by molar-refractivity contribution is -0.384. The Kier molecular flexibility index (Phi) is 3.64. The summed E-state index contributed by atoms with van der Waals surface area (Å²) in [6.07, 6.45) is 0. The molecule has 76 valence electrons. The highest BCUT2D eigenvalue weighted by atomic mass is 35.5. The van der Waals surface area contributed by atoms with Crippen LogP contribution in [0.3, 0.4) is 0 Å². The van der Waals surface area contributed by atoms with Gasteiger partial charge in [0, 0.05) is 12.1 Å². The molecule has 0 aliphatic heterocycles. The van der Waals surface area contributed by atoms with E-state index < -0.39 is 11.6 Å². The molecule has 1 aromatic rings. The first-order valence-electron chi connectivity index (χ1n) is 3.78. The maximum atomic E-state index is 11.7. The minimum Gasteiger partial charge on any atom is -0.491 e. The van der Waals surface area contributed by atoms with Gasteiger partial charge in [-0.1, -0.05) is 11.6 Å². The Morgan fingerprint density at radius 1 is 1.57 bits per heavy atom. The minimum atomic E-state index is -0.616. The van der Waals surface area contributed by atoms with Gasteiger partial charge in [-0.3, -0.25) is 10.1 Å². The van der Waals surface area contributed by atoms with Crippen LogP contribution in [0.2, 0.25) is 5.02 Å². The van der Waals surface area contributed by atoms with Crippen LogP contribution in [-0.4, -0.2) is 18.2 Å². The molecule has 0 aliphatic rings. The summed E-state index contributed by atoms with van der Waals surface area (Å²) in [7, 11) is 0. The van der Waals surface area contributed by atoms with Crippen molar-refractivity contribution in [2.75, 3.05) is 13.3 Å². The Morgan fingerprint density at radius 3 is 2.79 bits per heavy atom. The highest BCUT2D eigenvalue weighted by molar-refractivity contribution is 6.32. The molecule has 6 heteroatoms. The summed E-state index contributed by atoms with van der Waals surface area (Å²) in [5, 5.41) is 10.3. The number of benzene rings is 1. The molecule has 0 aliphatic carbocycles. The molecule has 0 unspecified atom stereocenters. The fraction of sp³-hybridized carbons (Fsp3) is 0.250. The lowest BCUT2D eigenvalue weighted by atomic mass is 10.3. The van der Waals surface area contributed by atoms with Crippen molar-refractivity contribution in [3.8, 4) is 5.75 Å². The SMILES string of the molecule is O=[N+]([O-])c1ccc(OCCF)cc1Cl. The zero-order chi connectivity index (χ0) is 10.6. The second-order valence-electron chi connectivity index (χ2n) is 2.41. The van der Waals surface area contributed by atoms with Gasteiger partial charge in [0.05, 0.1) is 4.92 Å². The fourth-order valence-electron chi connectivity index (χ4n) is 0.882. The molecule has 4 nitrogen and oxygen atoms in total. The zero-order valence-corrected chi connectivity index (χ0v) is 7.83. The van der Waals surface area contributed by atoms with Gasteiger partial charge in [0.2, 0.25) is 0 Å². The summed E-state index contributed by atoms with van der Waals surface area (Å²) in [5.74, 6) is 0.318. The topological polar surface area (TPSA) is 52.4 Å². The van der Waals surface area contributed by atoms with Gasteiger partial charge in [-0.2, -0.15) is 0 Å². The number of alkyl halides is 1. The first-order chi connectivity index (χ1) is 6.65. The van der Waals surface area contributed by atoms with E-state index in [1.165, 1.54) is 18.2 Å². The number of rotatable bonds is 4. The summed E-state index contributed by atoms with van der Waals surface area (Å²) in [6.45, 7) is -0.706. The van der Waals surface area contributed by atoms with Crippen LogP contribution in [0.1, 0.15) is 0 Å². The average molecular weight is 220 g/mol. The van der Waals surface area contributed by atoms with Gasteiger partial charge in [-0.25, -0.2) is 4.39 Å².